The van der Waals surface area contributed by atoms with Crippen molar-refractivity contribution in [1.29, 1.82) is 0 Å². The minimum absolute atomic E-state index is 0.593. The van der Waals surface area contributed by atoms with Crippen molar-refractivity contribution in [3.05, 3.63) is 29.3 Å². The Labute approximate surface area is 114 Å². The Morgan fingerprint density at radius 2 is 2.05 bits per heavy atom. The highest BCUT2D eigenvalue weighted by atomic mass is 16.5. The lowest BCUT2D eigenvalue weighted by atomic mass is 10.0. The van der Waals surface area contributed by atoms with Crippen molar-refractivity contribution >= 4 is 5.97 Å². The average Bonchev–Trinajstić information content (AvgIpc) is 2.43. The summed E-state index contributed by atoms with van der Waals surface area (Å²) in [4.78, 5) is 13.2. The van der Waals surface area contributed by atoms with Crippen LogP contribution in [0.4, 0.5) is 0 Å². The number of carboxylic acids is 1. The fraction of sp³-hybridized carbons (Fsp3) is 0.500. The zero-order valence-corrected chi connectivity index (χ0v) is 11.7. The van der Waals surface area contributed by atoms with Gasteiger partial charge < -0.3 is 15.6 Å². The summed E-state index contributed by atoms with van der Waals surface area (Å²) < 4.78 is 5.32. The molecular formula is C14H22N2O3. The van der Waals surface area contributed by atoms with Crippen LogP contribution in [0.3, 0.4) is 0 Å². The summed E-state index contributed by atoms with van der Waals surface area (Å²) in [6.07, 6.45) is 0. The summed E-state index contributed by atoms with van der Waals surface area (Å²) in [5.74, 6) is -0.271. The molecule has 0 radical (unpaired) electrons. The van der Waals surface area contributed by atoms with E-state index in [4.69, 9.17) is 15.6 Å². The molecule has 0 aliphatic heterocycles. The Morgan fingerprint density at radius 1 is 1.42 bits per heavy atom. The fourth-order valence-corrected chi connectivity index (χ4v) is 1.95. The van der Waals surface area contributed by atoms with Gasteiger partial charge in [0.05, 0.1) is 7.11 Å². The summed E-state index contributed by atoms with van der Waals surface area (Å²) in [6, 6.07) is 4.29. The first-order chi connectivity index (χ1) is 9.03. The van der Waals surface area contributed by atoms with Crippen molar-refractivity contribution < 1.29 is 14.6 Å². The molecule has 0 saturated heterocycles. The van der Waals surface area contributed by atoms with Gasteiger partial charge in [-0.15, -0.1) is 0 Å². The highest BCUT2D eigenvalue weighted by molar-refractivity contribution is 5.75. The molecule has 0 unspecified atom stereocenters. The number of benzene rings is 1. The van der Waals surface area contributed by atoms with Crippen molar-refractivity contribution in [2.75, 3.05) is 20.2 Å². The highest BCUT2D eigenvalue weighted by Gasteiger charge is 2.16. The van der Waals surface area contributed by atoms with Gasteiger partial charge in [-0.05, 0) is 30.8 Å². The number of carbonyl (C=O) groups is 1. The monoisotopic (exact) mass is 266 g/mol. The van der Waals surface area contributed by atoms with E-state index in [-0.39, 0.29) is 0 Å². The molecule has 0 fully saturated rings. The molecule has 5 nitrogen and oxygen atoms in total. The van der Waals surface area contributed by atoms with E-state index in [1.165, 1.54) is 0 Å². The van der Waals surface area contributed by atoms with Crippen LogP contribution >= 0.6 is 0 Å². The van der Waals surface area contributed by atoms with Crippen LogP contribution in [0, 0.1) is 0 Å². The molecule has 1 rings (SSSR count). The Hall–Kier alpha value is -1.59. The Kier molecular flexibility index (Phi) is 5.79. The molecule has 0 aromatic heterocycles. The predicted octanol–water partition coefficient (Wildman–Crippen LogP) is 1.62. The fourth-order valence-electron chi connectivity index (χ4n) is 1.95. The zero-order chi connectivity index (χ0) is 14.4. The van der Waals surface area contributed by atoms with Crippen molar-refractivity contribution in [2.45, 2.75) is 26.4 Å². The van der Waals surface area contributed by atoms with E-state index in [1.807, 2.05) is 6.07 Å². The normalized spacial score (nSPS) is 12.5. The summed E-state index contributed by atoms with van der Waals surface area (Å²) in [7, 11) is 1.61. The van der Waals surface area contributed by atoms with Gasteiger partial charge in [0.1, 0.15) is 11.8 Å². The SMILES string of the molecule is CCN(CC)Cc1cc([C@H](N)C(=O)O)ccc1OC. The van der Waals surface area contributed by atoms with Crippen molar-refractivity contribution in [2.24, 2.45) is 5.73 Å². The van der Waals surface area contributed by atoms with Gasteiger partial charge in [0.2, 0.25) is 0 Å². The molecule has 0 saturated carbocycles. The maximum atomic E-state index is 10.9. The predicted molar refractivity (Wildman–Crippen MR) is 74.2 cm³/mol. The van der Waals surface area contributed by atoms with Gasteiger partial charge in [0.15, 0.2) is 0 Å². The molecule has 0 heterocycles. The first-order valence-corrected chi connectivity index (χ1v) is 6.41. The number of rotatable bonds is 7. The first-order valence-electron chi connectivity index (χ1n) is 6.41. The van der Waals surface area contributed by atoms with Gasteiger partial charge >= 0.3 is 5.97 Å². The topological polar surface area (TPSA) is 75.8 Å². The van der Waals surface area contributed by atoms with Gasteiger partial charge in [-0.1, -0.05) is 19.9 Å². The summed E-state index contributed by atoms with van der Waals surface area (Å²) in [6.45, 7) is 6.74. The lowest BCUT2D eigenvalue weighted by Crippen LogP contribution is -2.24. The van der Waals surface area contributed by atoms with Gasteiger partial charge in [0.25, 0.3) is 0 Å². The quantitative estimate of drug-likeness (QED) is 0.784. The second-order valence-corrected chi connectivity index (χ2v) is 4.35. The van der Waals surface area contributed by atoms with E-state index in [1.54, 1.807) is 19.2 Å². The van der Waals surface area contributed by atoms with Gasteiger partial charge in [0, 0.05) is 12.1 Å². The van der Waals surface area contributed by atoms with Crippen molar-refractivity contribution in [3.63, 3.8) is 0 Å². The van der Waals surface area contributed by atoms with Crippen LogP contribution in [-0.2, 0) is 11.3 Å². The second kappa shape index (κ2) is 7.11. The molecule has 3 N–H and O–H groups in total. The smallest absolute Gasteiger partial charge is 0.325 e. The van der Waals surface area contributed by atoms with Crippen LogP contribution in [0.15, 0.2) is 18.2 Å². The Bertz CT molecular complexity index is 431. The van der Waals surface area contributed by atoms with Crippen LogP contribution in [0.2, 0.25) is 0 Å². The van der Waals surface area contributed by atoms with Crippen LogP contribution in [0.5, 0.6) is 5.75 Å². The van der Waals surface area contributed by atoms with Crippen LogP contribution in [0.1, 0.15) is 31.0 Å². The van der Waals surface area contributed by atoms with Gasteiger partial charge in [-0.3, -0.25) is 9.69 Å². The molecule has 0 aliphatic rings. The van der Waals surface area contributed by atoms with E-state index in [0.29, 0.717) is 5.56 Å². The maximum Gasteiger partial charge on any atom is 0.325 e. The summed E-state index contributed by atoms with van der Waals surface area (Å²) >= 11 is 0. The van der Waals surface area contributed by atoms with E-state index >= 15 is 0 Å². The van der Waals surface area contributed by atoms with E-state index in [0.717, 1.165) is 30.9 Å². The third kappa shape index (κ3) is 3.94. The third-order valence-corrected chi connectivity index (χ3v) is 3.22. The van der Waals surface area contributed by atoms with E-state index < -0.39 is 12.0 Å². The lowest BCUT2D eigenvalue weighted by molar-refractivity contribution is -0.138. The minimum atomic E-state index is -1.03. The van der Waals surface area contributed by atoms with Gasteiger partial charge in [-0.25, -0.2) is 0 Å². The number of nitrogens with zero attached hydrogens (tertiary/aromatic N) is 1. The van der Waals surface area contributed by atoms with E-state index in [9.17, 15) is 4.79 Å². The number of aliphatic carboxylic acids is 1. The van der Waals surface area contributed by atoms with E-state index in [2.05, 4.69) is 18.7 Å². The van der Waals surface area contributed by atoms with Crippen LogP contribution < -0.4 is 10.5 Å². The lowest BCUT2D eigenvalue weighted by Gasteiger charge is -2.20. The standard InChI is InChI=1S/C14H22N2O3/c1-4-16(5-2)9-11-8-10(13(15)14(17)18)6-7-12(11)19-3/h6-8,13H,4-5,9,15H2,1-3H3,(H,17,18)/t13-/m0/s1. The summed E-state index contributed by atoms with van der Waals surface area (Å²) in [5.41, 5.74) is 7.19. The second-order valence-electron chi connectivity index (χ2n) is 4.35. The molecule has 0 amide bonds. The number of carboxylic acid groups (broad SMARTS) is 1. The molecule has 0 bridgehead atoms. The molecule has 1 atom stereocenters. The molecule has 1 aromatic carbocycles. The number of ether oxygens (including phenoxy) is 1. The Morgan fingerprint density at radius 3 is 2.53 bits per heavy atom. The molecule has 106 valence electrons. The molecule has 1 aromatic rings. The molecule has 0 aliphatic carbocycles. The number of hydrogen-bond acceptors (Lipinski definition) is 4. The highest BCUT2D eigenvalue weighted by Crippen LogP contribution is 2.24. The van der Waals surface area contributed by atoms with Crippen molar-refractivity contribution in [1.82, 2.24) is 4.90 Å². The number of hydrogen-bond donors (Lipinski definition) is 2. The maximum absolute atomic E-state index is 10.9. The average molecular weight is 266 g/mol. The minimum Gasteiger partial charge on any atom is -0.496 e. The molecular weight excluding hydrogens is 244 g/mol. The summed E-state index contributed by atoms with van der Waals surface area (Å²) in [5, 5.41) is 8.96. The zero-order valence-electron chi connectivity index (χ0n) is 11.7. The van der Waals surface area contributed by atoms with Crippen LogP contribution in [0.25, 0.3) is 0 Å². The first kappa shape index (κ1) is 15.5. The van der Waals surface area contributed by atoms with Crippen LogP contribution in [-0.4, -0.2) is 36.2 Å². The molecule has 19 heavy (non-hydrogen) atoms. The Balaban J connectivity index is 3.05. The number of nitrogens with two attached hydrogens (primary N) is 1. The largest absolute Gasteiger partial charge is 0.496 e. The molecule has 0 spiro atoms. The number of methoxy groups -OCH3 is 1. The van der Waals surface area contributed by atoms with Crippen molar-refractivity contribution in [3.8, 4) is 5.75 Å². The van der Waals surface area contributed by atoms with Gasteiger partial charge in [-0.2, -0.15) is 0 Å². The third-order valence-electron chi connectivity index (χ3n) is 3.22. The molecule has 5 heteroatoms.